The number of benzene rings is 1. The average Bonchev–Trinajstić information content (AvgIpc) is 3.14. The number of hydrogen-bond donors (Lipinski definition) is 1. The lowest BCUT2D eigenvalue weighted by Crippen LogP contribution is -2.33. The van der Waals surface area contributed by atoms with E-state index >= 15 is 0 Å². The molecule has 0 aliphatic heterocycles. The van der Waals surface area contributed by atoms with Crippen LogP contribution in [0.1, 0.15) is 16.6 Å². The summed E-state index contributed by atoms with van der Waals surface area (Å²) in [5, 5.41) is 5.00. The van der Waals surface area contributed by atoms with Crippen LogP contribution in [0, 0.1) is 0 Å². The number of carbonyl (C=O) groups excluding carboxylic acids is 1. The Morgan fingerprint density at radius 1 is 1.24 bits per heavy atom. The molecule has 0 fully saturated rings. The topological polar surface area (TPSA) is 58.1 Å². The summed E-state index contributed by atoms with van der Waals surface area (Å²) in [7, 11) is 4.02. The fraction of sp³-hybridized carbons (Fsp3) is 0.211. The van der Waals surface area contributed by atoms with Crippen LogP contribution in [0.3, 0.4) is 0 Å². The molecular formula is C19H20N4OS. The Labute approximate surface area is 151 Å². The van der Waals surface area contributed by atoms with Crippen LogP contribution < -0.4 is 5.32 Å². The van der Waals surface area contributed by atoms with E-state index in [1.807, 2.05) is 49.8 Å². The fourth-order valence-corrected chi connectivity index (χ4v) is 3.41. The van der Waals surface area contributed by atoms with E-state index in [1.165, 1.54) is 11.0 Å². The molecule has 1 aromatic carbocycles. The third-order valence-corrected chi connectivity index (χ3v) is 4.81. The number of hydrogen-bond acceptors (Lipinski definition) is 5. The van der Waals surface area contributed by atoms with Crippen molar-refractivity contribution in [3.8, 4) is 0 Å². The smallest absolute Gasteiger partial charge is 0.244 e. The number of likely N-dealkylation sites (N-methyl/N-ethyl adjacent to an activating group) is 1. The molecule has 0 bridgehead atoms. The van der Waals surface area contributed by atoms with Crippen LogP contribution in [0.15, 0.2) is 54.1 Å². The average molecular weight is 352 g/mol. The number of carbonyl (C=O) groups is 1. The van der Waals surface area contributed by atoms with Gasteiger partial charge in [0.2, 0.25) is 5.91 Å². The lowest BCUT2D eigenvalue weighted by molar-refractivity contribution is -0.116. The molecule has 0 aliphatic rings. The summed E-state index contributed by atoms with van der Waals surface area (Å²) in [6, 6.07) is 11.9. The van der Waals surface area contributed by atoms with Gasteiger partial charge in [0.1, 0.15) is 0 Å². The molecule has 128 valence electrons. The SMILES string of the molecule is CN(C)C(CNC(=O)/C=C/c1cnc2ccccc2n1)c1cccs1. The van der Waals surface area contributed by atoms with Crippen molar-refractivity contribution >= 4 is 34.4 Å². The number of nitrogens with one attached hydrogen (secondary N) is 1. The molecule has 1 atom stereocenters. The van der Waals surface area contributed by atoms with Crippen molar-refractivity contribution in [2.24, 2.45) is 0 Å². The highest BCUT2D eigenvalue weighted by atomic mass is 32.1. The lowest BCUT2D eigenvalue weighted by Gasteiger charge is -2.23. The molecule has 2 aromatic heterocycles. The van der Waals surface area contributed by atoms with Gasteiger partial charge in [0.25, 0.3) is 0 Å². The number of aromatic nitrogens is 2. The number of rotatable bonds is 6. The number of amides is 1. The minimum absolute atomic E-state index is 0.140. The van der Waals surface area contributed by atoms with Gasteiger partial charge in [0.15, 0.2) is 0 Å². The van der Waals surface area contributed by atoms with E-state index in [9.17, 15) is 4.79 Å². The minimum Gasteiger partial charge on any atom is -0.351 e. The summed E-state index contributed by atoms with van der Waals surface area (Å²) in [4.78, 5) is 24.3. The largest absolute Gasteiger partial charge is 0.351 e. The van der Waals surface area contributed by atoms with Crippen LogP contribution in [0.4, 0.5) is 0 Å². The zero-order valence-electron chi connectivity index (χ0n) is 14.2. The Hall–Kier alpha value is -2.57. The molecule has 0 saturated heterocycles. The van der Waals surface area contributed by atoms with Gasteiger partial charge in [0.05, 0.1) is 29.0 Å². The summed E-state index contributed by atoms with van der Waals surface area (Å²) < 4.78 is 0. The van der Waals surface area contributed by atoms with Gasteiger partial charge in [-0.25, -0.2) is 4.98 Å². The first kappa shape index (κ1) is 17.3. The Bertz CT molecular complexity index is 874. The molecule has 0 radical (unpaired) electrons. The van der Waals surface area contributed by atoms with E-state index in [2.05, 4.69) is 26.3 Å². The highest BCUT2D eigenvalue weighted by Crippen LogP contribution is 2.22. The monoisotopic (exact) mass is 352 g/mol. The van der Waals surface area contributed by atoms with Crippen molar-refractivity contribution in [3.63, 3.8) is 0 Å². The van der Waals surface area contributed by atoms with Gasteiger partial charge in [-0.2, -0.15) is 0 Å². The first-order valence-electron chi connectivity index (χ1n) is 8.01. The molecule has 1 unspecified atom stereocenters. The normalized spacial score (nSPS) is 12.8. The second-order valence-corrected chi connectivity index (χ2v) is 6.84. The molecule has 5 nitrogen and oxygen atoms in total. The van der Waals surface area contributed by atoms with Crippen LogP contribution in [0.25, 0.3) is 17.1 Å². The highest BCUT2D eigenvalue weighted by molar-refractivity contribution is 7.10. The summed E-state index contributed by atoms with van der Waals surface area (Å²) in [6.45, 7) is 0.556. The molecule has 0 aliphatic carbocycles. The Balaban J connectivity index is 1.62. The maximum atomic E-state index is 12.1. The number of para-hydroxylation sites is 2. The van der Waals surface area contributed by atoms with Crippen molar-refractivity contribution in [1.29, 1.82) is 0 Å². The molecule has 3 aromatic rings. The summed E-state index contributed by atoms with van der Waals surface area (Å²) in [6.07, 6.45) is 4.85. The Morgan fingerprint density at radius 2 is 2.04 bits per heavy atom. The predicted molar refractivity (Wildman–Crippen MR) is 102 cm³/mol. The summed E-state index contributed by atoms with van der Waals surface area (Å²) >= 11 is 1.69. The molecule has 2 heterocycles. The second kappa shape index (κ2) is 8.00. The Morgan fingerprint density at radius 3 is 2.76 bits per heavy atom. The van der Waals surface area contributed by atoms with Crippen molar-refractivity contribution < 1.29 is 4.79 Å². The zero-order valence-corrected chi connectivity index (χ0v) is 15.0. The van der Waals surface area contributed by atoms with E-state index in [0.29, 0.717) is 12.2 Å². The van der Waals surface area contributed by atoms with E-state index < -0.39 is 0 Å². The summed E-state index contributed by atoms with van der Waals surface area (Å²) in [5.41, 5.74) is 2.32. The number of fused-ring (bicyclic) bond motifs is 1. The molecule has 3 rings (SSSR count). The number of thiophene rings is 1. The third-order valence-electron chi connectivity index (χ3n) is 3.84. The first-order chi connectivity index (χ1) is 12.1. The highest BCUT2D eigenvalue weighted by Gasteiger charge is 2.15. The van der Waals surface area contributed by atoms with Crippen LogP contribution in [-0.2, 0) is 4.79 Å². The quantitative estimate of drug-likeness (QED) is 0.693. The third kappa shape index (κ3) is 4.49. The van der Waals surface area contributed by atoms with Crippen molar-refractivity contribution in [2.75, 3.05) is 20.6 Å². The molecule has 6 heteroatoms. The van der Waals surface area contributed by atoms with Crippen LogP contribution >= 0.6 is 11.3 Å². The van der Waals surface area contributed by atoms with Gasteiger partial charge >= 0.3 is 0 Å². The molecule has 25 heavy (non-hydrogen) atoms. The standard InChI is InChI=1S/C19H20N4OS/c1-23(2)17(18-8-5-11-25-18)13-21-19(24)10-9-14-12-20-15-6-3-4-7-16(15)22-14/h3-12,17H,13H2,1-2H3,(H,21,24)/b10-9+. The second-order valence-electron chi connectivity index (χ2n) is 5.86. The van der Waals surface area contributed by atoms with Crippen molar-refractivity contribution in [3.05, 3.63) is 64.6 Å². The van der Waals surface area contributed by atoms with Gasteiger partial charge in [-0.15, -0.1) is 11.3 Å². The van der Waals surface area contributed by atoms with Crippen LogP contribution in [-0.4, -0.2) is 41.4 Å². The van der Waals surface area contributed by atoms with Gasteiger partial charge < -0.3 is 10.2 Å². The van der Waals surface area contributed by atoms with Gasteiger partial charge in [-0.3, -0.25) is 9.78 Å². The van der Waals surface area contributed by atoms with Crippen molar-refractivity contribution in [2.45, 2.75) is 6.04 Å². The summed E-state index contributed by atoms with van der Waals surface area (Å²) in [5.74, 6) is -0.140. The maximum Gasteiger partial charge on any atom is 0.244 e. The molecule has 1 N–H and O–H groups in total. The van der Waals surface area contributed by atoms with Gasteiger partial charge in [0, 0.05) is 17.5 Å². The lowest BCUT2D eigenvalue weighted by atomic mass is 10.2. The van der Waals surface area contributed by atoms with E-state index in [1.54, 1.807) is 23.6 Å². The van der Waals surface area contributed by atoms with Gasteiger partial charge in [-0.05, 0) is 43.8 Å². The molecule has 1 amide bonds. The molecule has 0 saturated carbocycles. The predicted octanol–water partition coefficient (Wildman–Crippen LogP) is 3.12. The van der Waals surface area contributed by atoms with Gasteiger partial charge in [-0.1, -0.05) is 18.2 Å². The van der Waals surface area contributed by atoms with E-state index in [-0.39, 0.29) is 11.9 Å². The molecule has 0 spiro atoms. The van der Waals surface area contributed by atoms with E-state index in [4.69, 9.17) is 0 Å². The zero-order chi connectivity index (χ0) is 17.6. The van der Waals surface area contributed by atoms with Crippen LogP contribution in [0.2, 0.25) is 0 Å². The first-order valence-corrected chi connectivity index (χ1v) is 8.89. The minimum atomic E-state index is -0.140. The Kier molecular flexibility index (Phi) is 5.53. The van der Waals surface area contributed by atoms with Crippen molar-refractivity contribution in [1.82, 2.24) is 20.2 Å². The maximum absolute atomic E-state index is 12.1. The van der Waals surface area contributed by atoms with Crippen LogP contribution in [0.5, 0.6) is 0 Å². The molecular weight excluding hydrogens is 332 g/mol. The van der Waals surface area contributed by atoms with E-state index in [0.717, 1.165) is 11.0 Å². The fourth-order valence-electron chi connectivity index (χ4n) is 2.49. The number of nitrogens with zero attached hydrogens (tertiary/aromatic N) is 3.